The van der Waals surface area contributed by atoms with Gasteiger partial charge in [0.1, 0.15) is 30.1 Å². The van der Waals surface area contributed by atoms with Gasteiger partial charge in [-0.1, -0.05) is 124 Å². The molecule has 3 saturated heterocycles. The van der Waals surface area contributed by atoms with E-state index >= 15 is 0 Å². The van der Waals surface area contributed by atoms with E-state index in [4.69, 9.17) is 33.2 Å². The number of fused-ring (bicyclic) bond motifs is 6. The zero-order valence-corrected chi connectivity index (χ0v) is 55.4. The van der Waals surface area contributed by atoms with Gasteiger partial charge in [0.15, 0.2) is 24.6 Å². The minimum absolute atomic E-state index is 0.00584. The van der Waals surface area contributed by atoms with Crippen LogP contribution in [0.25, 0.3) is 21.5 Å². The SMILES string of the molecule is CCCC1CC(CC(O)CCCC2CC(CCCC3CC(C)OC(c4cccc(O)c4)O3)OC(c3cccc(O)c3)O2)OC(c2cccc(OC3=C(/C=C/C4=[N+](C)c5ccc6ccccc6c5C4(C)C)CC/C3=C\C=C3\N(C)c4ccc5ccccc5c4C3(C)C)c2)O1. The zero-order valence-electron chi connectivity index (χ0n) is 55.4. The standard InChI is InChI=1S/C81H92N2O10/c1-9-19-62-50-67(48-61(86)27-17-29-65-49-66(92-78(91-65)57-23-15-26-60(85)46-57)31-18-30-63-44-51(2)87-77(90-63)56-22-14-25-59(84)45-56)93-79(89-62)58-24-16-28-64(47-58)88-76-54(38-42-72-80(3,4)74-68-32-12-10-20-52(68)36-40-70(74)82(72)7)34-35-55(76)39-43-73-81(5,6)75-69-33-13-11-21-53(69)37-41-71(75)83(73)8/h10-16,20-26,28,32-33,36-43,45-47,51,61-63,65-67,77-79,86H,9,17-19,27,29-31,34-35,44,48-50H2,1-8H3,(H-,84,85)/p+1. The number of hydrogen-bond donors (Lipinski definition) is 3. The number of allylic oxidation sites excluding steroid dienone is 7. The monoisotopic (exact) mass is 1250 g/mol. The van der Waals surface area contributed by atoms with E-state index in [-0.39, 0.29) is 59.0 Å². The Labute approximate surface area is 549 Å². The van der Waals surface area contributed by atoms with Crippen LogP contribution >= 0.6 is 0 Å². The van der Waals surface area contributed by atoms with E-state index in [0.29, 0.717) is 25.0 Å². The fourth-order valence-electron chi connectivity index (χ4n) is 15.8. The number of phenols is 2. The quantitative estimate of drug-likeness (QED) is 0.0631. The molecule has 0 saturated carbocycles. The smallest absolute Gasteiger partial charge is 0.210 e. The fourth-order valence-corrected chi connectivity index (χ4v) is 15.8. The number of phenolic OH excluding ortho intramolecular Hbond substituents is 2. The second kappa shape index (κ2) is 27.5. The van der Waals surface area contributed by atoms with Crippen molar-refractivity contribution in [2.24, 2.45) is 0 Å². The van der Waals surface area contributed by atoms with Gasteiger partial charge in [0.2, 0.25) is 5.69 Å². The third kappa shape index (κ3) is 13.8. The van der Waals surface area contributed by atoms with Crippen LogP contribution in [0.15, 0.2) is 192 Å². The molecule has 0 spiro atoms. The highest BCUT2D eigenvalue weighted by Crippen LogP contribution is 2.51. The van der Waals surface area contributed by atoms with Gasteiger partial charge in [-0.05, 0) is 190 Å². The Morgan fingerprint density at radius 1 is 0.591 bits per heavy atom. The number of aromatic hydroxyl groups is 2. The second-order valence-corrected chi connectivity index (χ2v) is 27.9. The molecule has 12 heteroatoms. The molecule has 0 radical (unpaired) electrons. The highest BCUT2D eigenvalue weighted by atomic mass is 16.7. The van der Waals surface area contributed by atoms with E-state index in [1.807, 2.05) is 36.4 Å². The van der Waals surface area contributed by atoms with E-state index in [2.05, 4.69) is 174 Å². The minimum atomic E-state index is -0.636. The summed E-state index contributed by atoms with van der Waals surface area (Å²) in [5.74, 6) is 1.93. The highest BCUT2D eigenvalue weighted by molar-refractivity contribution is 6.07. The number of benzene rings is 7. The van der Waals surface area contributed by atoms with Gasteiger partial charge in [0.05, 0.1) is 48.1 Å². The molecule has 10 atom stereocenters. The molecule has 5 heterocycles. The summed E-state index contributed by atoms with van der Waals surface area (Å²) < 4.78 is 49.0. The first-order valence-electron chi connectivity index (χ1n) is 34.2. The minimum Gasteiger partial charge on any atom is -0.508 e. The van der Waals surface area contributed by atoms with Crippen molar-refractivity contribution in [1.82, 2.24) is 0 Å². The number of anilines is 1. The zero-order chi connectivity index (χ0) is 64.5. The first-order valence-corrected chi connectivity index (χ1v) is 34.2. The van der Waals surface area contributed by atoms with E-state index < -0.39 is 25.0 Å². The summed E-state index contributed by atoms with van der Waals surface area (Å²) >= 11 is 0. The molecular formula is C81H93N2O10+. The van der Waals surface area contributed by atoms with Crippen LogP contribution in [0.1, 0.15) is 178 Å². The van der Waals surface area contributed by atoms with Crippen LogP contribution in [0.5, 0.6) is 17.2 Å². The summed E-state index contributed by atoms with van der Waals surface area (Å²) in [6.07, 6.45) is 17.4. The molecule has 0 aromatic heterocycles. The third-order valence-corrected chi connectivity index (χ3v) is 20.4. The Kier molecular flexibility index (Phi) is 19.0. The highest BCUT2D eigenvalue weighted by Gasteiger charge is 2.45. The van der Waals surface area contributed by atoms with E-state index in [1.165, 1.54) is 55.5 Å². The molecule has 3 N–H and O–H groups in total. The van der Waals surface area contributed by atoms with Crippen molar-refractivity contribution in [1.29, 1.82) is 0 Å². The average Bonchev–Trinajstić information content (AvgIpc) is 1.60. The van der Waals surface area contributed by atoms with E-state index in [9.17, 15) is 15.3 Å². The molecule has 486 valence electrons. The summed E-state index contributed by atoms with van der Waals surface area (Å²) in [6.45, 7) is 13.6. The van der Waals surface area contributed by atoms with Crippen LogP contribution in [0.3, 0.4) is 0 Å². The Balaban J connectivity index is 0.697. The molecule has 3 fully saturated rings. The molecule has 6 aliphatic rings. The molecule has 13 rings (SSSR count). The van der Waals surface area contributed by atoms with Crippen molar-refractivity contribution < 1.29 is 53.1 Å². The van der Waals surface area contributed by atoms with E-state index in [1.54, 1.807) is 24.3 Å². The predicted octanol–water partition coefficient (Wildman–Crippen LogP) is 18.2. The molecule has 0 bridgehead atoms. The maximum atomic E-state index is 11.8. The largest absolute Gasteiger partial charge is 0.508 e. The topological polar surface area (TPSA) is 132 Å². The Morgan fingerprint density at radius 2 is 1.16 bits per heavy atom. The third-order valence-electron chi connectivity index (χ3n) is 20.4. The van der Waals surface area contributed by atoms with Crippen molar-refractivity contribution in [3.8, 4) is 17.2 Å². The van der Waals surface area contributed by atoms with Gasteiger partial charge >= 0.3 is 0 Å². The lowest BCUT2D eigenvalue weighted by atomic mass is 9.79. The van der Waals surface area contributed by atoms with Gasteiger partial charge < -0.3 is 53.4 Å². The molecule has 93 heavy (non-hydrogen) atoms. The number of likely N-dealkylation sites (N-methyl/N-ethyl adjacent to an activating group) is 1. The number of rotatable bonds is 20. The Hall–Kier alpha value is -7.39. The summed E-state index contributed by atoms with van der Waals surface area (Å²) in [5, 5.41) is 37.5. The molecule has 7 aromatic rings. The van der Waals surface area contributed by atoms with Crippen molar-refractivity contribution in [2.75, 3.05) is 19.0 Å². The maximum absolute atomic E-state index is 11.8. The average molecular weight is 1250 g/mol. The Morgan fingerprint density at radius 3 is 1.83 bits per heavy atom. The lowest BCUT2D eigenvalue weighted by Gasteiger charge is -2.37. The normalized spacial score (nSPS) is 26.5. The molecule has 7 aromatic carbocycles. The lowest BCUT2D eigenvalue weighted by Crippen LogP contribution is -2.36. The fraction of sp³-hybridized carbons (Fsp3) is 0.420. The molecule has 12 nitrogen and oxygen atoms in total. The van der Waals surface area contributed by atoms with Gasteiger partial charge in [-0.15, -0.1) is 0 Å². The van der Waals surface area contributed by atoms with Crippen LogP contribution in [-0.4, -0.2) is 82.4 Å². The molecule has 0 amide bonds. The lowest BCUT2D eigenvalue weighted by molar-refractivity contribution is -0.401. The number of ether oxygens (including phenoxy) is 7. The number of nitrogens with zero attached hydrogens (tertiary/aromatic N) is 2. The van der Waals surface area contributed by atoms with Crippen LogP contribution in [0, 0.1) is 0 Å². The van der Waals surface area contributed by atoms with Crippen molar-refractivity contribution in [3.05, 3.63) is 220 Å². The van der Waals surface area contributed by atoms with Gasteiger partial charge in [-0.3, -0.25) is 0 Å². The first kappa shape index (κ1) is 64.3. The van der Waals surface area contributed by atoms with Gasteiger partial charge in [-0.25, -0.2) is 0 Å². The van der Waals surface area contributed by atoms with Crippen LogP contribution < -0.4 is 9.64 Å². The van der Waals surface area contributed by atoms with Crippen LogP contribution in [-0.2, 0) is 39.3 Å². The molecule has 10 unspecified atom stereocenters. The van der Waals surface area contributed by atoms with Gasteiger partial charge in [0, 0.05) is 71.1 Å². The number of aliphatic hydroxyl groups is 1. The number of aliphatic hydroxyl groups excluding tert-OH is 1. The molecular weight excluding hydrogens is 1160 g/mol. The maximum Gasteiger partial charge on any atom is 0.210 e. The number of hydrogen-bond acceptors (Lipinski definition) is 11. The predicted molar refractivity (Wildman–Crippen MR) is 368 cm³/mol. The first-order chi connectivity index (χ1) is 45.0. The van der Waals surface area contributed by atoms with Crippen molar-refractivity contribution >= 4 is 38.6 Å². The summed E-state index contributed by atoms with van der Waals surface area (Å²) in [6, 6.07) is 48.9. The summed E-state index contributed by atoms with van der Waals surface area (Å²) in [5.41, 5.74) is 11.9. The summed E-state index contributed by atoms with van der Waals surface area (Å²) in [7, 11) is 4.38. The van der Waals surface area contributed by atoms with Crippen molar-refractivity contribution in [2.45, 2.75) is 204 Å². The van der Waals surface area contributed by atoms with Crippen LogP contribution in [0.2, 0.25) is 0 Å². The molecule has 1 aliphatic carbocycles. The van der Waals surface area contributed by atoms with Gasteiger partial charge in [-0.2, -0.15) is 4.58 Å². The van der Waals surface area contributed by atoms with Crippen LogP contribution in [0.4, 0.5) is 11.4 Å². The second-order valence-electron chi connectivity index (χ2n) is 27.9. The van der Waals surface area contributed by atoms with Crippen molar-refractivity contribution in [3.63, 3.8) is 0 Å². The Bertz CT molecular complexity index is 4030. The molecule has 5 aliphatic heterocycles. The van der Waals surface area contributed by atoms with E-state index in [0.717, 1.165) is 104 Å². The summed E-state index contributed by atoms with van der Waals surface area (Å²) in [4.78, 5) is 2.36. The van der Waals surface area contributed by atoms with Gasteiger partial charge in [0.25, 0.3) is 0 Å².